The molecule has 44 valence electrons. The summed E-state index contributed by atoms with van der Waals surface area (Å²) in [6, 6.07) is 0. The molecule has 0 saturated heterocycles. The molecule has 0 bridgehead atoms. The van der Waals surface area contributed by atoms with Gasteiger partial charge in [-0.2, -0.15) is 4.20 Å². The summed E-state index contributed by atoms with van der Waals surface area (Å²) < 4.78 is 16.3. The van der Waals surface area contributed by atoms with E-state index in [9.17, 15) is 4.20 Å². The highest BCUT2D eigenvalue weighted by Crippen LogP contribution is 2.32. The van der Waals surface area contributed by atoms with Crippen molar-refractivity contribution in [1.29, 1.82) is 0 Å². The van der Waals surface area contributed by atoms with Crippen LogP contribution in [0.25, 0.3) is 0 Å². The van der Waals surface area contributed by atoms with E-state index in [2.05, 4.69) is 4.52 Å². The molecule has 1 unspecified atom stereocenters. The lowest BCUT2D eigenvalue weighted by molar-refractivity contribution is 0.335. The van der Waals surface area contributed by atoms with Crippen molar-refractivity contribution < 1.29 is 8.72 Å². The molecule has 0 aromatic heterocycles. The molecule has 0 radical (unpaired) electrons. The minimum atomic E-state index is -1.61. The predicted octanol–water partition coefficient (Wildman–Crippen LogP) is 2.32. The average Bonchev–Trinajstić information content (AvgIpc) is 1.61. The monoisotopic (exact) mass is 124 g/mol. The molecule has 1 atom stereocenters. The third kappa shape index (κ3) is 6.32. The highest BCUT2D eigenvalue weighted by atomic mass is 31.2. The fourth-order valence-corrected chi connectivity index (χ4v) is 0.651. The predicted molar refractivity (Wildman–Crippen MR) is 30.2 cm³/mol. The Balaban J connectivity index is 2.68. The van der Waals surface area contributed by atoms with Crippen molar-refractivity contribution in [2.75, 3.05) is 13.3 Å². The molecule has 0 amide bonds. The zero-order valence-corrected chi connectivity index (χ0v) is 5.54. The molecule has 0 rings (SSSR count). The van der Waals surface area contributed by atoms with E-state index in [-0.39, 0.29) is 0 Å². The molecule has 0 heterocycles. The standard InChI is InChI=1S/C4H10FOP/c1-3-4-6-7(2)5/h3-4H2,1-2H3. The first-order chi connectivity index (χ1) is 3.27. The van der Waals surface area contributed by atoms with Crippen LogP contribution in [0.3, 0.4) is 0 Å². The van der Waals surface area contributed by atoms with Gasteiger partial charge in [0.25, 0.3) is 0 Å². The summed E-state index contributed by atoms with van der Waals surface area (Å²) in [5, 5.41) is 0. The van der Waals surface area contributed by atoms with Gasteiger partial charge in [-0.25, -0.2) is 0 Å². The Labute approximate surface area is 44.8 Å². The smallest absolute Gasteiger partial charge is 0.216 e. The maximum Gasteiger partial charge on any atom is 0.216 e. The van der Waals surface area contributed by atoms with Gasteiger partial charge >= 0.3 is 0 Å². The van der Waals surface area contributed by atoms with Crippen LogP contribution in [0.1, 0.15) is 13.3 Å². The molecule has 0 aromatic rings. The van der Waals surface area contributed by atoms with Crippen LogP contribution in [-0.4, -0.2) is 13.3 Å². The summed E-state index contributed by atoms with van der Waals surface area (Å²) in [6.45, 7) is 3.96. The summed E-state index contributed by atoms with van der Waals surface area (Å²) in [6.07, 6.45) is 0.899. The van der Waals surface area contributed by atoms with E-state index < -0.39 is 8.46 Å². The van der Waals surface area contributed by atoms with Crippen molar-refractivity contribution in [1.82, 2.24) is 0 Å². The lowest BCUT2D eigenvalue weighted by atomic mass is 10.5. The summed E-state index contributed by atoms with van der Waals surface area (Å²) in [4.78, 5) is 0. The zero-order chi connectivity index (χ0) is 5.70. The van der Waals surface area contributed by atoms with Gasteiger partial charge in [0.15, 0.2) is 0 Å². The van der Waals surface area contributed by atoms with Crippen molar-refractivity contribution in [3.8, 4) is 0 Å². The van der Waals surface area contributed by atoms with Crippen molar-refractivity contribution in [3.05, 3.63) is 0 Å². The first-order valence-electron chi connectivity index (χ1n) is 2.29. The minimum Gasteiger partial charge on any atom is -0.331 e. The van der Waals surface area contributed by atoms with E-state index in [1.807, 2.05) is 6.92 Å². The van der Waals surface area contributed by atoms with Gasteiger partial charge in [-0.05, 0) is 6.42 Å². The molecular weight excluding hydrogens is 114 g/mol. The Morgan fingerprint density at radius 2 is 2.29 bits per heavy atom. The van der Waals surface area contributed by atoms with Gasteiger partial charge in [0.05, 0.1) is 6.61 Å². The third-order valence-electron chi connectivity index (χ3n) is 0.473. The van der Waals surface area contributed by atoms with Crippen LogP contribution in [-0.2, 0) is 4.52 Å². The third-order valence-corrected chi connectivity index (χ3v) is 1.01. The minimum absolute atomic E-state index is 0.554. The molecule has 0 fully saturated rings. The number of hydrogen-bond donors (Lipinski definition) is 0. The second-order valence-electron chi connectivity index (χ2n) is 1.25. The molecule has 0 spiro atoms. The van der Waals surface area contributed by atoms with E-state index in [4.69, 9.17) is 0 Å². The SMILES string of the molecule is CCCOP(C)F. The summed E-state index contributed by atoms with van der Waals surface area (Å²) in [5.74, 6) is 0. The molecule has 1 nitrogen and oxygen atoms in total. The molecule has 7 heavy (non-hydrogen) atoms. The van der Waals surface area contributed by atoms with E-state index in [0.29, 0.717) is 6.61 Å². The topological polar surface area (TPSA) is 9.23 Å². The van der Waals surface area contributed by atoms with Crippen LogP contribution in [0.2, 0.25) is 0 Å². The van der Waals surface area contributed by atoms with Crippen LogP contribution < -0.4 is 0 Å². The van der Waals surface area contributed by atoms with Crippen molar-refractivity contribution >= 4 is 8.46 Å². The maximum absolute atomic E-state index is 11.7. The second-order valence-corrected chi connectivity index (χ2v) is 2.35. The summed E-state index contributed by atoms with van der Waals surface area (Å²) >= 11 is 0. The fourth-order valence-electron chi connectivity index (χ4n) is 0.217. The Kier molecular flexibility index (Phi) is 4.68. The molecule has 0 aliphatic rings. The van der Waals surface area contributed by atoms with E-state index in [0.717, 1.165) is 6.42 Å². The number of hydrogen-bond acceptors (Lipinski definition) is 1. The quantitative estimate of drug-likeness (QED) is 0.524. The van der Waals surface area contributed by atoms with Crippen molar-refractivity contribution in [2.24, 2.45) is 0 Å². The van der Waals surface area contributed by atoms with Crippen molar-refractivity contribution in [3.63, 3.8) is 0 Å². The van der Waals surface area contributed by atoms with Crippen LogP contribution >= 0.6 is 8.46 Å². The second kappa shape index (κ2) is 4.48. The Bertz CT molecular complexity index is 40.7. The van der Waals surface area contributed by atoms with Crippen LogP contribution in [0.15, 0.2) is 0 Å². The molecule has 0 aliphatic heterocycles. The first-order valence-corrected chi connectivity index (χ1v) is 3.89. The molecule has 0 N–H and O–H groups in total. The van der Waals surface area contributed by atoms with Crippen LogP contribution in [0.5, 0.6) is 0 Å². The van der Waals surface area contributed by atoms with Crippen LogP contribution in [0, 0.1) is 0 Å². The lowest BCUT2D eigenvalue weighted by Crippen LogP contribution is -1.80. The Morgan fingerprint density at radius 1 is 1.71 bits per heavy atom. The van der Waals surface area contributed by atoms with Gasteiger partial charge < -0.3 is 4.52 Å². The zero-order valence-electron chi connectivity index (χ0n) is 4.65. The van der Waals surface area contributed by atoms with Gasteiger partial charge in [-0.1, -0.05) is 6.92 Å². The summed E-state index contributed by atoms with van der Waals surface area (Å²) in [5.41, 5.74) is 0. The number of rotatable bonds is 3. The highest BCUT2D eigenvalue weighted by Gasteiger charge is 1.93. The van der Waals surface area contributed by atoms with E-state index in [1.54, 1.807) is 0 Å². The molecular formula is C4H10FOP. The van der Waals surface area contributed by atoms with Crippen molar-refractivity contribution in [2.45, 2.75) is 13.3 Å². The highest BCUT2D eigenvalue weighted by molar-refractivity contribution is 7.45. The first kappa shape index (κ1) is 7.32. The fraction of sp³-hybridized carbons (Fsp3) is 1.00. The molecule has 0 saturated carbocycles. The largest absolute Gasteiger partial charge is 0.331 e. The van der Waals surface area contributed by atoms with Crippen LogP contribution in [0.4, 0.5) is 4.20 Å². The molecule has 3 heteroatoms. The van der Waals surface area contributed by atoms with Gasteiger partial charge in [0, 0.05) is 6.66 Å². The number of halogens is 1. The molecule has 0 aromatic carbocycles. The summed E-state index contributed by atoms with van der Waals surface area (Å²) in [7, 11) is -1.61. The average molecular weight is 124 g/mol. The van der Waals surface area contributed by atoms with Gasteiger partial charge in [0.2, 0.25) is 8.46 Å². The van der Waals surface area contributed by atoms with Gasteiger partial charge in [-0.15, -0.1) is 0 Å². The molecule has 0 aliphatic carbocycles. The van der Waals surface area contributed by atoms with E-state index >= 15 is 0 Å². The maximum atomic E-state index is 11.7. The van der Waals surface area contributed by atoms with E-state index in [1.165, 1.54) is 6.66 Å². The van der Waals surface area contributed by atoms with Gasteiger partial charge in [0.1, 0.15) is 0 Å². The lowest BCUT2D eigenvalue weighted by Gasteiger charge is -1.97. The Hall–Kier alpha value is 0.320. The Morgan fingerprint density at radius 3 is 2.43 bits per heavy atom. The normalized spacial score (nSPS) is 14.1. The van der Waals surface area contributed by atoms with Gasteiger partial charge in [-0.3, -0.25) is 0 Å².